The van der Waals surface area contributed by atoms with Gasteiger partial charge in [0, 0.05) is 38.1 Å². The molecule has 0 saturated heterocycles. The third kappa shape index (κ3) is 5.37. The van der Waals surface area contributed by atoms with E-state index < -0.39 is 0 Å². The maximum atomic E-state index is 6.00. The van der Waals surface area contributed by atoms with Crippen LogP contribution in [0.4, 0.5) is 0 Å². The molecule has 0 fully saturated rings. The van der Waals surface area contributed by atoms with E-state index in [0.29, 0.717) is 0 Å². The molecule has 3 rings (SSSR count). The van der Waals surface area contributed by atoms with Crippen LogP contribution in [-0.2, 0) is 13.0 Å². The zero-order valence-corrected chi connectivity index (χ0v) is 17.2. The van der Waals surface area contributed by atoms with Gasteiger partial charge in [0.15, 0.2) is 0 Å². The Labute approximate surface area is 166 Å². The first-order valence-corrected chi connectivity index (χ1v) is 10.2. The molecule has 1 atom stereocenters. The van der Waals surface area contributed by atoms with E-state index in [4.69, 9.17) is 11.6 Å². The number of hydrogen-bond donors (Lipinski definition) is 0. The molecule has 25 heavy (non-hydrogen) atoms. The summed E-state index contributed by atoms with van der Waals surface area (Å²) in [6.07, 6.45) is 7.82. The first kappa shape index (κ1) is 18.6. The van der Waals surface area contributed by atoms with Gasteiger partial charge in [-0.2, -0.15) is 0 Å². The predicted molar refractivity (Wildman–Crippen MR) is 110 cm³/mol. The Morgan fingerprint density at radius 3 is 2.60 bits per heavy atom. The van der Waals surface area contributed by atoms with Gasteiger partial charge in [-0.25, -0.2) is 4.98 Å². The van der Waals surface area contributed by atoms with Gasteiger partial charge in [-0.05, 0) is 65.5 Å². The van der Waals surface area contributed by atoms with Gasteiger partial charge < -0.3 is 4.57 Å². The van der Waals surface area contributed by atoms with Gasteiger partial charge in [-0.3, -0.25) is 0 Å². The van der Waals surface area contributed by atoms with Crippen molar-refractivity contribution in [3.05, 3.63) is 82.3 Å². The van der Waals surface area contributed by atoms with Crippen molar-refractivity contribution in [2.45, 2.75) is 36.0 Å². The maximum absolute atomic E-state index is 6.00. The van der Waals surface area contributed by atoms with E-state index in [2.05, 4.69) is 68.8 Å². The van der Waals surface area contributed by atoms with Gasteiger partial charge in [-0.1, -0.05) is 35.9 Å². The van der Waals surface area contributed by atoms with E-state index in [-0.39, 0.29) is 4.75 Å². The van der Waals surface area contributed by atoms with Crippen molar-refractivity contribution in [3.8, 4) is 0 Å². The van der Waals surface area contributed by atoms with E-state index in [9.17, 15) is 0 Å². The van der Waals surface area contributed by atoms with E-state index in [1.165, 1.54) is 10.5 Å². The van der Waals surface area contributed by atoms with Crippen LogP contribution in [0.1, 0.15) is 18.9 Å². The van der Waals surface area contributed by atoms with Crippen molar-refractivity contribution in [1.82, 2.24) is 9.55 Å². The molecule has 3 aromatic rings. The minimum Gasteiger partial charge on any atom is -0.336 e. The Morgan fingerprint density at radius 2 is 1.92 bits per heavy atom. The molecule has 0 aliphatic carbocycles. The topological polar surface area (TPSA) is 17.8 Å². The van der Waals surface area contributed by atoms with Gasteiger partial charge in [0.1, 0.15) is 0 Å². The molecule has 5 heteroatoms. The smallest absolute Gasteiger partial charge is 0.0946 e. The lowest BCUT2D eigenvalue weighted by Crippen LogP contribution is -2.27. The van der Waals surface area contributed by atoms with Crippen LogP contribution in [0.15, 0.2) is 76.6 Å². The molecule has 1 aromatic heterocycles. The third-order valence-corrected chi connectivity index (χ3v) is 6.73. The molecule has 0 aliphatic heterocycles. The Balaban J connectivity index is 1.78. The molecule has 2 aromatic carbocycles. The molecule has 1 heterocycles. The summed E-state index contributed by atoms with van der Waals surface area (Å²) >= 11 is 11.6. The summed E-state index contributed by atoms with van der Waals surface area (Å²) in [7, 11) is 0. The Bertz CT molecular complexity index is 805. The fourth-order valence-corrected chi connectivity index (χ4v) is 4.70. The summed E-state index contributed by atoms with van der Waals surface area (Å²) in [5.41, 5.74) is 1.31. The summed E-state index contributed by atoms with van der Waals surface area (Å²) < 4.78 is 3.35. The normalized spacial score (nSPS) is 13.6. The molecular weight excluding hydrogens is 416 g/mol. The highest BCUT2D eigenvalue weighted by atomic mass is 79.9. The Morgan fingerprint density at radius 1 is 1.16 bits per heavy atom. The molecule has 0 bridgehead atoms. The highest BCUT2D eigenvalue weighted by Gasteiger charge is 2.27. The summed E-state index contributed by atoms with van der Waals surface area (Å²) in [6.45, 7) is 3.24. The van der Waals surface area contributed by atoms with Crippen LogP contribution >= 0.6 is 39.3 Å². The lowest BCUT2D eigenvalue weighted by atomic mass is 10.00. The first-order chi connectivity index (χ1) is 12.0. The van der Waals surface area contributed by atoms with Crippen molar-refractivity contribution in [1.29, 1.82) is 0 Å². The number of nitrogens with zero attached hydrogens (tertiary/aromatic N) is 2. The van der Waals surface area contributed by atoms with Crippen LogP contribution in [0.5, 0.6) is 0 Å². The summed E-state index contributed by atoms with van der Waals surface area (Å²) in [5.74, 6) is 0. The Kier molecular flexibility index (Phi) is 6.26. The molecule has 130 valence electrons. The van der Waals surface area contributed by atoms with Crippen LogP contribution in [0, 0.1) is 0 Å². The van der Waals surface area contributed by atoms with Crippen LogP contribution in [-0.4, -0.2) is 14.3 Å². The highest BCUT2D eigenvalue weighted by molar-refractivity contribution is 9.10. The number of benzene rings is 2. The number of aryl methyl sites for hydroxylation is 1. The fourth-order valence-electron chi connectivity index (χ4n) is 2.78. The number of aromatic nitrogens is 2. The second kappa shape index (κ2) is 8.43. The number of halogens is 2. The second-order valence-corrected chi connectivity index (χ2v) is 9.26. The molecular formula is C20H20BrClN2S. The van der Waals surface area contributed by atoms with Crippen LogP contribution in [0.25, 0.3) is 0 Å². The fraction of sp³-hybridized carbons (Fsp3) is 0.250. The van der Waals surface area contributed by atoms with Crippen molar-refractivity contribution in [3.63, 3.8) is 0 Å². The van der Waals surface area contributed by atoms with E-state index in [1.807, 2.05) is 42.6 Å². The maximum Gasteiger partial charge on any atom is 0.0946 e. The van der Waals surface area contributed by atoms with E-state index in [0.717, 1.165) is 28.9 Å². The number of imidazole rings is 1. The van der Waals surface area contributed by atoms with Crippen molar-refractivity contribution >= 4 is 39.3 Å². The zero-order chi connectivity index (χ0) is 17.7. The minimum atomic E-state index is 0.0458. The largest absolute Gasteiger partial charge is 0.336 e. The SMILES string of the molecule is CC(CCc1ccc(Cl)cc1)(Cn1ccnc1)Sc1ccccc1Br. The number of hydrogen-bond acceptors (Lipinski definition) is 2. The van der Waals surface area contributed by atoms with Crippen molar-refractivity contribution in [2.24, 2.45) is 0 Å². The molecule has 0 radical (unpaired) electrons. The second-order valence-electron chi connectivity index (χ2n) is 6.34. The molecule has 0 spiro atoms. The zero-order valence-electron chi connectivity index (χ0n) is 14.0. The van der Waals surface area contributed by atoms with Crippen molar-refractivity contribution in [2.75, 3.05) is 0 Å². The first-order valence-electron chi connectivity index (χ1n) is 8.18. The number of thioether (sulfide) groups is 1. The van der Waals surface area contributed by atoms with E-state index in [1.54, 1.807) is 0 Å². The van der Waals surface area contributed by atoms with Gasteiger partial charge in [0.05, 0.1) is 6.33 Å². The van der Waals surface area contributed by atoms with E-state index >= 15 is 0 Å². The summed E-state index contributed by atoms with van der Waals surface area (Å²) in [6, 6.07) is 16.6. The molecule has 0 amide bonds. The van der Waals surface area contributed by atoms with Crippen molar-refractivity contribution < 1.29 is 0 Å². The van der Waals surface area contributed by atoms with Gasteiger partial charge in [-0.15, -0.1) is 11.8 Å². The Hall–Kier alpha value is -1.23. The number of rotatable bonds is 7. The third-order valence-electron chi connectivity index (χ3n) is 4.13. The molecule has 2 nitrogen and oxygen atoms in total. The quantitative estimate of drug-likeness (QED) is 0.395. The van der Waals surface area contributed by atoms with Crippen LogP contribution in [0.3, 0.4) is 0 Å². The lowest BCUT2D eigenvalue weighted by molar-refractivity contribution is 0.495. The summed E-state index contributed by atoms with van der Waals surface area (Å²) in [4.78, 5) is 5.45. The van der Waals surface area contributed by atoms with Gasteiger partial charge in [0.2, 0.25) is 0 Å². The molecule has 0 saturated carbocycles. The molecule has 0 N–H and O–H groups in total. The molecule has 0 aliphatic rings. The van der Waals surface area contributed by atoms with Gasteiger partial charge >= 0.3 is 0 Å². The average Bonchev–Trinajstić information content (AvgIpc) is 3.09. The summed E-state index contributed by atoms with van der Waals surface area (Å²) in [5, 5.41) is 0.785. The predicted octanol–water partition coefficient (Wildman–Crippen LogP) is 6.48. The minimum absolute atomic E-state index is 0.0458. The van der Waals surface area contributed by atoms with Gasteiger partial charge in [0.25, 0.3) is 0 Å². The molecule has 1 unspecified atom stereocenters. The van der Waals surface area contributed by atoms with Crippen LogP contribution < -0.4 is 0 Å². The lowest BCUT2D eigenvalue weighted by Gasteiger charge is -2.30. The monoisotopic (exact) mass is 434 g/mol. The highest BCUT2D eigenvalue weighted by Crippen LogP contribution is 2.41. The van der Waals surface area contributed by atoms with Crippen LogP contribution in [0.2, 0.25) is 5.02 Å². The average molecular weight is 436 g/mol. The standard InChI is InChI=1S/C20H20BrClN2S/c1-20(14-24-13-12-23-15-24,25-19-5-3-2-4-18(19)21)11-10-16-6-8-17(22)9-7-16/h2-9,12-13,15H,10-11,14H2,1H3.